The van der Waals surface area contributed by atoms with Gasteiger partial charge in [-0.15, -0.1) is 0 Å². The molecular weight excluding hydrogens is 367 g/mol. The summed E-state index contributed by atoms with van der Waals surface area (Å²) in [6.07, 6.45) is 3.50. The average Bonchev–Trinajstić information content (AvgIpc) is 3.38. The number of nitrogens with zero attached hydrogens (tertiary/aromatic N) is 2. The minimum absolute atomic E-state index is 0.185. The zero-order valence-corrected chi connectivity index (χ0v) is 17.0. The molecule has 0 bridgehead atoms. The Bertz CT molecular complexity index is 848. The van der Waals surface area contributed by atoms with Crippen molar-refractivity contribution in [1.82, 2.24) is 15.5 Å². The zero-order chi connectivity index (χ0) is 20.2. The molecule has 1 atom stereocenters. The van der Waals surface area contributed by atoms with Gasteiger partial charge in [0.25, 0.3) is 0 Å². The SMILES string of the molecule is CN1CCc2cc(C(CNC(=O)NCc3ccc(F)cc3)N3CCCC3)ccc21. The second kappa shape index (κ2) is 8.82. The molecule has 29 heavy (non-hydrogen) atoms. The van der Waals surface area contributed by atoms with Gasteiger partial charge in [0.05, 0.1) is 6.04 Å². The highest BCUT2D eigenvalue weighted by Gasteiger charge is 2.26. The van der Waals surface area contributed by atoms with Gasteiger partial charge < -0.3 is 15.5 Å². The maximum atomic E-state index is 13.0. The largest absolute Gasteiger partial charge is 0.374 e. The van der Waals surface area contributed by atoms with E-state index in [2.05, 4.69) is 45.7 Å². The van der Waals surface area contributed by atoms with Crippen LogP contribution in [-0.4, -0.2) is 44.2 Å². The fourth-order valence-corrected chi connectivity index (χ4v) is 4.34. The summed E-state index contributed by atoms with van der Waals surface area (Å²) < 4.78 is 13.0. The first kappa shape index (κ1) is 19.7. The fraction of sp³-hybridized carbons (Fsp3) is 0.435. The van der Waals surface area contributed by atoms with Crippen LogP contribution in [0.3, 0.4) is 0 Å². The molecule has 1 saturated heterocycles. The Morgan fingerprint density at radius 3 is 2.59 bits per heavy atom. The Balaban J connectivity index is 1.38. The lowest BCUT2D eigenvalue weighted by Gasteiger charge is -2.29. The van der Waals surface area contributed by atoms with Crippen LogP contribution in [0.2, 0.25) is 0 Å². The number of carbonyl (C=O) groups excluding carboxylic acids is 1. The van der Waals surface area contributed by atoms with E-state index in [1.165, 1.54) is 41.8 Å². The number of halogens is 1. The molecule has 5 nitrogen and oxygen atoms in total. The Labute approximate surface area is 171 Å². The molecule has 1 unspecified atom stereocenters. The Morgan fingerprint density at radius 1 is 1.07 bits per heavy atom. The standard InChI is InChI=1S/C23H29FN4O/c1-27-13-10-19-14-18(6-9-21(19)27)22(28-11-2-3-12-28)16-26-23(29)25-15-17-4-7-20(24)8-5-17/h4-9,14,22H,2-3,10-13,15-16H2,1H3,(H2,25,26,29). The maximum Gasteiger partial charge on any atom is 0.315 e. The topological polar surface area (TPSA) is 47.6 Å². The van der Waals surface area contributed by atoms with Gasteiger partial charge in [0.15, 0.2) is 0 Å². The van der Waals surface area contributed by atoms with Crippen molar-refractivity contribution in [3.05, 3.63) is 65.0 Å². The van der Waals surface area contributed by atoms with E-state index in [-0.39, 0.29) is 17.9 Å². The van der Waals surface area contributed by atoms with Crippen LogP contribution in [0.4, 0.5) is 14.9 Å². The average molecular weight is 397 g/mol. The third kappa shape index (κ3) is 4.70. The van der Waals surface area contributed by atoms with Crippen molar-refractivity contribution in [2.24, 2.45) is 0 Å². The number of fused-ring (bicyclic) bond motifs is 1. The molecule has 0 saturated carbocycles. The smallest absolute Gasteiger partial charge is 0.315 e. The van der Waals surface area contributed by atoms with Gasteiger partial charge in [0.1, 0.15) is 5.82 Å². The molecule has 2 aromatic carbocycles. The molecule has 2 heterocycles. The van der Waals surface area contributed by atoms with Gasteiger partial charge in [0, 0.05) is 32.4 Å². The van der Waals surface area contributed by atoms with Crippen LogP contribution in [0, 0.1) is 5.82 Å². The van der Waals surface area contributed by atoms with Gasteiger partial charge in [-0.25, -0.2) is 9.18 Å². The van der Waals surface area contributed by atoms with Crippen molar-refractivity contribution < 1.29 is 9.18 Å². The van der Waals surface area contributed by atoms with Gasteiger partial charge in [-0.2, -0.15) is 0 Å². The van der Waals surface area contributed by atoms with Crippen molar-refractivity contribution in [2.45, 2.75) is 31.8 Å². The molecule has 0 radical (unpaired) electrons. The van der Waals surface area contributed by atoms with E-state index in [1.807, 2.05) is 0 Å². The fourth-order valence-electron chi connectivity index (χ4n) is 4.34. The molecule has 4 rings (SSSR count). The third-order valence-electron chi connectivity index (χ3n) is 6.02. The molecule has 2 aromatic rings. The summed E-state index contributed by atoms with van der Waals surface area (Å²) in [6, 6.07) is 12.9. The molecule has 0 aromatic heterocycles. The Kier molecular flexibility index (Phi) is 6.00. The van der Waals surface area contributed by atoms with Gasteiger partial charge in [-0.05, 0) is 67.2 Å². The third-order valence-corrected chi connectivity index (χ3v) is 6.02. The lowest BCUT2D eigenvalue weighted by molar-refractivity contribution is 0.220. The predicted octanol–water partition coefficient (Wildman–Crippen LogP) is 3.45. The van der Waals surface area contributed by atoms with E-state index in [4.69, 9.17) is 0 Å². The monoisotopic (exact) mass is 396 g/mol. The van der Waals surface area contributed by atoms with Crippen molar-refractivity contribution in [3.63, 3.8) is 0 Å². The van der Waals surface area contributed by atoms with Crippen molar-refractivity contribution >= 4 is 11.7 Å². The van der Waals surface area contributed by atoms with Crippen LogP contribution in [0.5, 0.6) is 0 Å². The number of benzene rings is 2. The number of carbonyl (C=O) groups is 1. The molecule has 6 heteroatoms. The summed E-state index contributed by atoms with van der Waals surface area (Å²) in [4.78, 5) is 17.1. The van der Waals surface area contributed by atoms with Crippen LogP contribution in [0.25, 0.3) is 0 Å². The van der Waals surface area contributed by atoms with Crippen molar-refractivity contribution in [3.8, 4) is 0 Å². The predicted molar refractivity (Wildman–Crippen MR) is 114 cm³/mol. The summed E-state index contributed by atoms with van der Waals surface area (Å²) >= 11 is 0. The maximum absolute atomic E-state index is 13.0. The number of rotatable bonds is 6. The minimum atomic E-state index is -0.271. The molecular formula is C23H29FN4O. The van der Waals surface area contributed by atoms with Gasteiger partial charge in [-0.3, -0.25) is 4.90 Å². The number of hydrogen-bond donors (Lipinski definition) is 2. The number of urea groups is 1. The number of nitrogens with one attached hydrogen (secondary N) is 2. The normalized spacial score (nSPS) is 17.2. The number of anilines is 1. The van der Waals surface area contributed by atoms with Crippen molar-refractivity contribution in [2.75, 3.05) is 38.1 Å². The molecule has 1 fully saturated rings. The number of likely N-dealkylation sites (tertiary alicyclic amines) is 1. The molecule has 2 aliphatic heterocycles. The summed E-state index contributed by atoms with van der Waals surface area (Å²) in [6.45, 7) is 4.16. The summed E-state index contributed by atoms with van der Waals surface area (Å²) in [5.74, 6) is -0.271. The summed E-state index contributed by atoms with van der Waals surface area (Å²) in [5.41, 5.74) is 4.87. The van der Waals surface area contributed by atoms with Gasteiger partial charge in [-0.1, -0.05) is 24.3 Å². The molecule has 0 aliphatic carbocycles. The lowest BCUT2D eigenvalue weighted by Crippen LogP contribution is -2.41. The molecule has 2 N–H and O–H groups in total. The van der Waals surface area contributed by atoms with E-state index in [9.17, 15) is 9.18 Å². The molecule has 154 valence electrons. The quantitative estimate of drug-likeness (QED) is 0.786. The van der Waals surface area contributed by atoms with Crippen LogP contribution < -0.4 is 15.5 Å². The Hall–Kier alpha value is -2.60. The van der Waals surface area contributed by atoms with Gasteiger partial charge >= 0.3 is 6.03 Å². The van der Waals surface area contributed by atoms with E-state index in [1.54, 1.807) is 12.1 Å². The second-order valence-corrected chi connectivity index (χ2v) is 8.01. The van der Waals surface area contributed by atoms with Gasteiger partial charge in [0.2, 0.25) is 0 Å². The summed E-state index contributed by atoms with van der Waals surface area (Å²) in [7, 11) is 2.14. The molecule has 2 aliphatic rings. The van der Waals surface area contributed by atoms with E-state index < -0.39 is 0 Å². The van der Waals surface area contributed by atoms with E-state index in [0.717, 1.165) is 31.6 Å². The van der Waals surface area contributed by atoms with Crippen LogP contribution in [0.1, 0.15) is 35.6 Å². The van der Waals surface area contributed by atoms with E-state index >= 15 is 0 Å². The van der Waals surface area contributed by atoms with Crippen LogP contribution >= 0.6 is 0 Å². The van der Waals surface area contributed by atoms with E-state index in [0.29, 0.717) is 13.1 Å². The number of hydrogen-bond acceptors (Lipinski definition) is 3. The number of amides is 2. The summed E-state index contributed by atoms with van der Waals surface area (Å²) in [5, 5.41) is 5.91. The minimum Gasteiger partial charge on any atom is -0.374 e. The molecule has 0 spiro atoms. The highest BCUT2D eigenvalue weighted by molar-refractivity contribution is 5.73. The zero-order valence-electron chi connectivity index (χ0n) is 17.0. The van der Waals surface area contributed by atoms with Crippen molar-refractivity contribution in [1.29, 1.82) is 0 Å². The first-order chi connectivity index (χ1) is 14.1. The van der Waals surface area contributed by atoms with Crippen LogP contribution in [-0.2, 0) is 13.0 Å². The highest BCUT2D eigenvalue weighted by atomic mass is 19.1. The first-order valence-corrected chi connectivity index (χ1v) is 10.4. The number of likely N-dealkylation sites (N-methyl/N-ethyl adjacent to an activating group) is 1. The lowest BCUT2D eigenvalue weighted by atomic mass is 10.0. The first-order valence-electron chi connectivity index (χ1n) is 10.4. The Morgan fingerprint density at radius 2 is 1.83 bits per heavy atom. The van der Waals surface area contributed by atoms with Crippen LogP contribution in [0.15, 0.2) is 42.5 Å². The second-order valence-electron chi connectivity index (χ2n) is 8.01. The molecule has 2 amide bonds. The highest BCUT2D eigenvalue weighted by Crippen LogP contribution is 2.32.